The van der Waals surface area contributed by atoms with Crippen molar-refractivity contribution in [2.75, 3.05) is 18.0 Å². The Morgan fingerprint density at radius 1 is 1.38 bits per heavy atom. The second-order valence-corrected chi connectivity index (χ2v) is 7.99. The van der Waals surface area contributed by atoms with Gasteiger partial charge in [0.25, 0.3) is 5.91 Å². The van der Waals surface area contributed by atoms with E-state index < -0.39 is 0 Å². The fraction of sp³-hybridized carbons (Fsp3) is 0.500. The van der Waals surface area contributed by atoms with Gasteiger partial charge in [0.15, 0.2) is 11.6 Å². The van der Waals surface area contributed by atoms with Crippen LogP contribution < -0.4 is 4.90 Å². The number of hydrogen-bond donors (Lipinski definition) is 0. The van der Waals surface area contributed by atoms with Crippen LogP contribution in [0.3, 0.4) is 0 Å². The number of fused-ring (bicyclic) bond motifs is 1. The highest BCUT2D eigenvalue weighted by Gasteiger charge is 2.48. The number of carbonyl (C=O) groups excluding carboxylic acids is 1. The molecular weight excluding hydrogens is 333 g/mol. The molecule has 26 heavy (non-hydrogen) atoms. The number of rotatable bonds is 2. The minimum Gasteiger partial charge on any atom is -0.448 e. The molecule has 1 aromatic carbocycles. The molecule has 2 fully saturated rings. The number of piperidine rings is 1. The van der Waals surface area contributed by atoms with E-state index in [1.54, 1.807) is 19.1 Å². The van der Waals surface area contributed by atoms with E-state index in [9.17, 15) is 9.18 Å². The average Bonchev–Trinajstić information content (AvgIpc) is 3.12. The highest BCUT2D eigenvalue weighted by atomic mass is 19.1. The van der Waals surface area contributed by atoms with Gasteiger partial charge in [0, 0.05) is 37.3 Å². The Morgan fingerprint density at radius 3 is 2.88 bits per heavy atom. The zero-order valence-corrected chi connectivity index (χ0v) is 15.4. The van der Waals surface area contributed by atoms with Crippen LogP contribution in [0.25, 0.3) is 0 Å². The summed E-state index contributed by atoms with van der Waals surface area (Å²) in [6, 6.07) is 7.14. The smallest absolute Gasteiger partial charge is 0.275 e. The van der Waals surface area contributed by atoms with Crippen molar-refractivity contribution >= 4 is 11.6 Å². The Balaban J connectivity index is 1.55. The minimum absolute atomic E-state index is 0.0673. The van der Waals surface area contributed by atoms with Gasteiger partial charge >= 0.3 is 0 Å². The van der Waals surface area contributed by atoms with Crippen LogP contribution in [0, 0.1) is 18.7 Å². The van der Waals surface area contributed by atoms with Gasteiger partial charge in [-0.3, -0.25) is 4.79 Å². The molecular formula is C20H24FN3O2. The van der Waals surface area contributed by atoms with E-state index in [1.165, 1.54) is 12.3 Å². The summed E-state index contributed by atoms with van der Waals surface area (Å²) in [7, 11) is 0. The molecule has 2 aliphatic rings. The molecule has 1 amide bonds. The van der Waals surface area contributed by atoms with E-state index in [0.717, 1.165) is 18.5 Å². The van der Waals surface area contributed by atoms with Crippen molar-refractivity contribution in [2.45, 2.75) is 45.2 Å². The van der Waals surface area contributed by atoms with Crippen LogP contribution in [0.4, 0.5) is 10.1 Å². The Morgan fingerprint density at radius 2 is 2.19 bits per heavy atom. The molecule has 4 rings (SSSR count). The van der Waals surface area contributed by atoms with Gasteiger partial charge in [-0.05, 0) is 50.8 Å². The number of aryl methyl sites for hydroxylation is 1. The molecule has 0 saturated carbocycles. The summed E-state index contributed by atoms with van der Waals surface area (Å²) in [6.45, 7) is 7.50. The number of benzene rings is 1. The number of carbonyl (C=O) groups is 1. The van der Waals surface area contributed by atoms with Crippen LogP contribution in [0.15, 0.2) is 34.9 Å². The number of oxazole rings is 1. The molecule has 2 aliphatic heterocycles. The van der Waals surface area contributed by atoms with E-state index >= 15 is 0 Å². The molecule has 1 aromatic heterocycles. The van der Waals surface area contributed by atoms with Crippen LogP contribution in [-0.2, 0) is 0 Å². The fourth-order valence-corrected chi connectivity index (χ4v) is 4.72. The molecule has 0 radical (unpaired) electrons. The first kappa shape index (κ1) is 17.1. The van der Waals surface area contributed by atoms with Crippen molar-refractivity contribution in [3.8, 4) is 0 Å². The van der Waals surface area contributed by atoms with Gasteiger partial charge in [0.05, 0.1) is 0 Å². The molecule has 2 aromatic rings. The van der Waals surface area contributed by atoms with Gasteiger partial charge in [-0.1, -0.05) is 6.07 Å². The van der Waals surface area contributed by atoms with Crippen molar-refractivity contribution < 1.29 is 13.6 Å². The summed E-state index contributed by atoms with van der Waals surface area (Å²) in [5, 5.41) is 0. The molecule has 0 spiro atoms. The SMILES string of the molecule is Cc1nc(C(=O)N2CC[C@H]3[C@@H](C2)CC(C)(C)N3c2cccc(F)c2)co1. The summed E-state index contributed by atoms with van der Waals surface area (Å²) < 4.78 is 18.9. The second kappa shape index (κ2) is 6.11. The van der Waals surface area contributed by atoms with Crippen molar-refractivity contribution in [1.29, 1.82) is 0 Å². The Kier molecular flexibility index (Phi) is 4.01. The third-order valence-corrected chi connectivity index (χ3v) is 5.65. The molecule has 3 heterocycles. The average molecular weight is 357 g/mol. The van der Waals surface area contributed by atoms with E-state index in [4.69, 9.17) is 4.42 Å². The topological polar surface area (TPSA) is 49.6 Å². The number of halogens is 1. The monoisotopic (exact) mass is 357 g/mol. The predicted molar refractivity (Wildman–Crippen MR) is 96.6 cm³/mol. The van der Waals surface area contributed by atoms with Crippen LogP contribution in [0.5, 0.6) is 0 Å². The van der Waals surface area contributed by atoms with Crippen LogP contribution in [0.1, 0.15) is 43.1 Å². The predicted octanol–water partition coefficient (Wildman–Crippen LogP) is 3.64. The van der Waals surface area contributed by atoms with Gasteiger partial charge in [0.2, 0.25) is 0 Å². The number of anilines is 1. The maximum atomic E-state index is 13.8. The molecule has 2 saturated heterocycles. The Bertz CT molecular complexity index is 832. The first-order valence-electron chi connectivity index (χ1n) is 9.11. The van der Waals surface area contributed by atoms with Gasteiger partial charge in [-0.15, -0.1) is 0 Å². The number of nitrogens with zero attached hydrogens (tertiary/aromatic N) is 3. The largest absolute Gasteiger partial charge is 0.448 e. The van der Waals surface area contributed by atoms with E-state index in [1.807, 2.05) is 11.0 Å². The molecule has 2 atom stereocenters. The van der Waals surface area contributed by atoms with E-state index in [0.29, 0.717) is 36.6 Å². The van der Waals surface area contributed by atoms with Crippen molar-refractivity contribution in [1.82, 2.24) is 9.88 Å². The summed E-state index contributed by atoms with van der Waals surface area (Å²) in [5.41, 5.74) is 1.22. The number of aromatic nitrogens is 1. The number of likely N-dealkylation sites (tertiary alicyclic amines) is 1. The van der Waals surface area contributed by atoms with Crippen LogP contribution in [-0.4, -0.2) is 40.5 Å². The summed E-state index contributed by atoms with van der Waals surface area (Å²) in [6.07, 6.45) is 3.27. The maximum absolute atomic E-state index is 13.8. The number of hydrogen-bond acceptors (Lipinski definition) is 4. The lowest BCUT2D eigenvalue weighted by atomic mass is 9.89. The summed E-state index contributed by atoms with van der Waals surface area (Å²) >= 11 is 0. The Hall–Kier alpha value is -2.37. The van der Waals surface area contributed by atoms with Crippen LogP contribution in [0.2, 0.25) is 0 Å². The fourth-order valence-electron chi connectivity index (χ4n) is 4.72. The third-order valence-electron chi connectivity index (χ3n) is 5.65. The standard InChI is InChI=1S/C20H24FN3O2/c1-13-22-17(12-26-13)19(25)23-8-7-18-14(11-23)10-20(2,3)24(18)16-6-4-5-15(21)9-16/h4-6,9,12,14,18H,7-8,10-11H2,1-3H3/t14-,18+/m1/s1. The minimum atomic E-state index is -0.212. The summed E-state index contributed by atoms with van der Waals surface area (Å²) in [5.74, 6) is 0.583. The van der Waals surface area contributed by atoms with Crippen molar-refractivity contribution in [3.63, 3.8) is 0 Å². The lowest BCUT2D eigenvalue weighted by Gasteiger charge is -2.41. The first-order chi connectivity index (χ1) is 12.3. The van der Waals surface area contributed by atoms with Crippen LogP contribution >= 0.6 is 0 Å². The maximum Gasteiger partial charge on any atom is 0.275 e. The molecule has 0 aliphatic carbocycles. The molecule has 0 N–H and O–H groups in total. The normalized spacial score (nSPS) is 24.6. The lowest BCUT2D eigenvalue weighted by Crippen LogP contribution is -2.50. The quantitative estimate of drug-likeness (QED) is 0.823. The second-order valence-electron chi connectivity index (χ2n) is 7.99. The zero-order chi connectivity index (χ0) is 18.5. The number of amides is 1. The first-order valence-corrected chi connectivity index (χ1v) is 9.11. The lowest BCUT2D eigenvalue weighted by molar-refractivity contribution is 0.0661. The highest BCUT2D eigenvalue weighted by molar-refractivity contribution is 5.92. The van der Waals surface area contributed by atoms with Gasteiger partial charge < -0.3 is 14.2 Å². The van der Waals surface area contributed by atoms with Crippen molar-refractivity contribution in [3.05, 3.63) is 47.9 Å². The zero-order valence-electron chi connectivity index (χ0n) is 15.4. The van der Waals surface area contributed by atoms with E-state index in [-0.39, 0.29) is 17.3 Å². The molecule has 138 valence electrons. The van der Waals surface area contributed by atoms with Crippen molar-refractivity contribution in [2.24, 2.45) is 5.92 Å². The molecule has 5 nitrogen and oxygen atoms in total. The molecule has 6 heteroatoms. The van der Waals surface area contributed by atoms with Gasteiger partial charge in [-0.2, -0.15) is 0 Å². The van der Waals surface area contributed by atoms with Gasteiger partial charge in [-0.25, -0.2) is 9.37 Å². The molecule has 0 unspecified atom stereocenters. The highest BCUT2D eigenvalue weighted by Crippen LogP contribution is 2.44. The summed E-state index contributed by atoms with van der Waals surface area (Å²) in [4.78, 5) is 21.1. The molecule has 0 bridgehead atoms. The van der Waals surface area contributed by atoms with Gasteiger partial charge in [0.1, 0.15) is 12.1 Å². The third kappa shape index (κ3) is 2.87. The Labute approximate surface area is 152 Å². The van der Waals surface area contributed by atoms with E-state index in [2.05, 4.69) is 23.7 Å².